The van der Waals surface area contributed by atoms with Crippen LogP contribution in [0.3, 0.4) is 0 Å². The molecule has 0 aromatic carbocycles. The van der Waals surface area contributed by atoms with Gasteiger partial charge in [-0.05, 0) is 18.9 Å². The molecule has 2 fully saturated rings. The zero-order valence-corrected chi connectivity index (χ0v) is 14.6. The van der Waals surface area contributed by atoms with Gasteiger partial charge in [0.15, 0.2) is 0 Å². The average molecular weight is 364 g/mol. The highest BCUT2D eigenvalue weighted by molar-refractivity contribution is 7.91. The molecule has 4 heterocycles. The molecule has 10 heteroatoms. The summed E-state index contributed by atoms with van der Waals surface area (Å²) in [5, 5.41) is 4.18. The van der Waals surface area contributed by atoms with Gasteiger partial charge in [0, 0.05) is 44.6 Å². The summed E-state index contributed by atoms with van der Waals surface area (Å²) in [4.78, 5) is 24.9. The van der Waals surface area contributed by atoms with Gasteiger partial charge < -0.3 is 4.90 Å². The van der Waals surface area contributed by atoms with E-state index >= 15 is 0 Å². The number of hydrogen-bond acceptors (Lipinski definition) is 7. The van der Waals surface area contributed by atoms with Crippen LogP contribution in [-0.4, -0.2) is 87.4 Å². The Balaban J connectivity index is 1.37. The van der Waals surface area contributed by atoms with Crippen molar-refractivity contribution >= 4 is 21.5 Å². The van der Waals surface area contributed by atoms with Crippen LogP contribution >= 0.6 is 0 Å². The maximum absolute atomic E-state index is 12.6. The molecule has 2 aliphatic heterocycles. The fraction of sp³-hybridized carbons (Fsp3) is 0.600. The molecule has 9 nitrogen and oxygen atoms in total. The van der Waals surface area contributed by atoms with Crippen LogP contribution in [0.4, 0.5) is 0 Å². The first kappa shape index (κ1) is 16.4. The van der Waals surface area contributed by atoms with E-state index in [1.165, 1.54) is 4.52 Å². The van der Waals surface area contributed by atoms with E-state index in [2.05, 4.69) is 20.0 Å². The summed E-state index contributed by atoms with van der Waals surface area (Å²) >= 11 is 0. The number of carbonyl (C=O) groups excluding carboxylic acids is 1. The smallest absolute Gasteiger partial charge is 0.293 e. The Bertz CT molecular complexity index is 841. The fourth-order valence-electron chi connectivity index (χ4n) is 3.50. The molecule has 0 aliphatic carbocycles. The lowest BCUT2D eigenvalue weighted by Crippen LogP contribution is -2.53. The molecular formula is C15H20N6O3S. The lowest BCUT2D eigenvalue weighted by molar-refractivity contribution is 0.0547. The number of hydrogen-bond donors (Lipinski definition) is 0. The molecule has 4 rings (SSSR count). The second-order valence-corrected chi connectivity index (χ2v) is 8.81. The van der Waals surface area contributed by atoms with Crippen LogP contribution < -0.4 is 0 Å². The summed E-state index contributed by atoms with van der Waals surface area (Å²) in [7, 11) is -2.84. The molecular weight excluding hydrogens is 344 g/mol. The Hall–Kier alpha value is -2.07. The number of sulfone groups is 1. The first-order chi connectivity index (χ1) is 12.0. The monoisotopic (exact) mass is 364 g/mol. The van der Waals surface area contributed by atoms with Crippen molar-refractivity contribution in [3.63, 3.8) is 0 Å². The van der Waals surface area contributed by atoms with Gasteiger partial charge in [-0.2, -0.15) is 4.98 Å². The fourth-order valence-corrected chi connectivity index (χ4v) is 4.96. The number of nitrogens with zero attached hydrogens (tertiary/aromatic N) is 6. The zero-order chi connectivity index (χ0) is 17.4. The van der Waals surface area contributed by atoms with Crippen LogP contribution in [0.5, 0.6) is 0 Å². The van der Waals surface area contributed by atoms with E-state index in [1.807, 2.05) is 0 Å². The second kappa shape index (κ2) is 6.34. The van der Waals surface area contributed by atoms with Crippen molar-refractivity contribution in [2.45, 2.75) is 18.9 Å². The summed E-state index contributed by atoms with van der Waals surface area (Å²) in [6.07, 6.45) is 4.70. The van der Waals surface area contributed by atoms with Gasteiger partial charge in [0.05, 0.1) is 11.5 Å². The Morgan fingerprint density at radius 3 is 2.52 bits per heavy atom. The van der Waals surface area contributed by atoms with Crippen molar-refractivity contribution in [3.05, 3.63) is 24.3 Å². The van der Waals surface area contributed by atoms with Gasteiger partial charge in [-0.3, -0.25) is 9.69 Å². The second-order valence-electron chi connectivity index (χ2n) is 6.51. The van der Waals surface area contributed by atoms with Crippen molar-refractivity contribution in [2.24, 2.45) is 0 Å². The summed E-state index contributed by atoms with van der Waals surface area (Å²) in [6, 6.07) is 2.04. The van der Waals surface area contributed by atoms with Gasteiger partial charge >= 0.3 is 0 Å². The SMILES string of the molecule is O=C(c1nc2ncccn2n1)N1CCN(C2CCS(=O)(=O)CC2)CC1. The van der Waals surface area contributed by atoms with Crippen molar-refractivity contribution in [1.82, 2.24) is 29.4 Å². The van der Waals surface area contributed by atoms with Crippen LogP contribution in [0.25, 0.3) is 5.78 Å². The van der Waals surface area contributed by atoms with Crippen molar-refractivity contribution in [2.75, 3.05) is 37.7 Å². The van der Waals surface area contributed by atoms with E-state index in [1.54, 1.807) is 23.4 Å². The molecule has 0 saturated carbocycles. The number of rotatable bonds is 2. The quantitative estimate of drug-likeness (QED) is 0.705. The predicted octanol–water partition coefficient (Wildman–Crippen LogP) is -0.541. The van der Waals surface area contributed by atoms with E-state index < -0.39 is 9.84 Å². The van der Waals surface area contributed by atoms with Crippen LogP contribution in [0.1, 0.15) is 23.5 Å². The molecule has 1 amide bonds. The normalized spacial score (nSPS) is 22.3. The molecule has 0 bridgehead atoms. The van der Waals surface area contributed by atoms with Gasteiger partial charge in [-0.1, -0.05) is 0 Å². The van der Waals surface area contributed by atoms with Gasteiger partial charge in [-0.25, -0.2) is 17.9 Å². The van der Waals surface area contributed by atoms with Gasteiger partial charge in [0.1, 0.15) is 9.84 Å². The highest BCUT2D eigenvalue weighted by Crippen LogP contribution is 2.20. The molecule has 0 spiro atoms. The minimum absolute atomic E-state index is 0.163. The van der Waals surface area contributed by atoms with Gasteiger partial charge in [0.2, 0.25) is 5.82 Å². The van der Waals surface area contributed by atoms with E-state index in [9.17, 15) is 13.2 Å². The van der Waals surface area contributed by atoms with Gasteiger partial charge in [0.25, 0.3) is 11.7 Å². The summed E-state index contributed by atoms with van der Waals surface area (Å²) < 4.78 is 24.6. The molecule has 0 N–H and O–H groups in total. The van der Waals surface area contributed by atoms with Crippen molar-refractivity contribution < 1.29 is 13.2 Å². The lowest BCUT2D eigenvalue weighted by atomic mass is 10.1. The van der Waals surface area contributed by atoms with Crippen LogP contribution in [0.15, 0.2) is 18.5 Å². The Kier molecular flexibility index (Phi) is 4.16. The molecule has 0 unspecified atom stereocenters. The Labute approximate surface area is 145 Å². The van der Waals surface area contributed by atoms with Crippen LogP contribution in [-0.2, 0) is 9.84 Å². The predicted molar refractivity (Wildman–Crippen MR) is 89.9 cm³/mol. The Morgan fingerprint density at radius 2 is 1.84 bits per heavy atom. The summed E-state index contributed by atoms with van der Waals surface area (Å²) in [6.45, 7) is 2.71. The molecule has 0 atom stereocenters. The summed E-state index contributed by atoms with van der Waals surface area (Å²) in [5.74, 6) is 0.935. The molecule has 0 radical (unpaired) electrons. The highest BCUT2D eigenvalue weighted by atomic mass is 32.2. The minimum Gasteiger partial charge on any atom is -0.333 e. The first-order valence-corrected chi connectivity index (χ1v) is 10.3. The standard InChI is InChI=1S/C15H20N6O3S/c22-14(13-17-15-16-4-1-5-21(15)18-13)20-8-6-19(7-9-20)12-2-10-25(23,24)11-3-12/h1,4-5,12H,2-3,6-11H2. The number of aromatic nitrogens is 4. The maximum atomic E-state index is 12.6. The number of carbonyl (C=O) groups is 1. The molecule has 2 aromatic rings. The van der Waals surface area contributed by atoms with E-state index in [0.717, 1.165) is 13.1 Å². The van der Waals surface area contributed by atoms with Crippen LogP contribution in [0, 0.1) is 0 Å². The maximum Gasteiger partial charge on any atom is 0.293 e. The molecule has 25 heavy (non-hydrogen) atoms. The zero-order valence-electron chi connectivity index (χ0n) is 13.8. The molecule has 2 aromatic heterocycles. The largest absolute Gasteiger partial charge is 0.333 e. The van der Waals surface area contributed by atoms with Gasteiger partial charge in [-0.15, -0.1) is 5.10 Å². The molecule has 134 valence electrons. The van der Waals surface area contributed by atoms with Crippen LogP contribution in [0.2, 0.25) is 0 Å². The van der Waals surface area contributed by atoms with Crippen molar-refractivity contribution in [1.29, 1.82) is 0 Å². The number of amides is 1. The van der Waals surface area contributed by atoms with E-state index in [4.69, 9.17) is 0 Å². The lowest BCUT2D eigenvalue weighted by Gasteiger charge is -2.40. The first-order valence-electron chi connectivity index (χ1n) is 8.43. The third kappa shape index (κ3) is 3.36. The molecule has 2 aliphatic rings. The van der Waals surface area contributed by atoms with E-state index in [-0.39, 0.29) is 23.2 Å². The third-order valence-corrected chi connectivity index (χ3v) is 6.67. The highest BCUT2D eigenvalue weighted by Gasteiger charge is 2.32. The average Bonchev–Trinajstić information content (AvgIpc) is 3.05. The minimum atomic E-state index is -2.84. The topological polar surface area (TPSA) is 101 Å². The molecule has 2 saturated heterocycles. The number of fused-ring (bicyclic) bond motifs is 1. The Morgan fingerprint density at radius 1 is 1.12 bits per heavy atom. The van der Waals surface area contributed by atoms with Crippen molar-refractivity contribution in [3.8, 4) is 0 Å². The van der Waals surface area contributed by atoms with E-state index in [0.29, 0.717) is 37.8 Å². The number of piperazine rings is 1. The third-order valence-electron chi connectivity index (χ3n) is 4.95. The summed E-state index contributed by atoms with van der Waals surface area (Å²) in [5.41, 5.74) is 0.